The molecule has 1 aromatic carbocycles. The maximum absolute atomic E-state index is 12.1. The van der Waals surface area contributed by atoms with Crippen LogP contribution in [0.5, 0.6) is 0 Å². The Morgan fingerprint density at radius 1 is 1.17 bits per heavy atom. The van der Waals surface area contributed by atoms with Crippen molar-refractivity contribution in [3.05, 3.63) is 23.8 Å². The third-order valence-corrected chi connectivity index (χ3v) is 3.37. The molecule has 0 atom stereocenters. The van der Waals surface area contributed by atoms with Gasteiger partial charge in [0.1, 0.15) is 0 Å². The third kappa shape index (κ3) is 3.00. The molecule has 1 fully saturated rings. The Balaban J connectivity index is 1.97. The summed E-state index contributed by atoms with van der Waals surface area (Å²) >= 11 is 0. The van der Waals surface area contributed by atoms with E-state index in [1.165, 1.54) is 0 Å². The molecular formula is C13H20N4O. The Kier molecular flexibility index (Phi) is 3.84. The molecule has 1 aromatic rings. The molecule has 18 heavy (non-hydrogen) atoms. The van der Waals surface area contributed by atoms with Gasteiger partial charge in [-0.1, -0.05) is 0 Å². The zero-order valence-electron chi connectivity index (χ0n) is 10.7. The monoisotopic (exact) mass is 248 g/mol. The molecule has 0 saturated carbocycles. The SMILES string of the molecule is CN1CCN(CC(=O)c2ccc(N)c(N)c2)CC1. The number of piperazine rings is 1. The number of rotatable bonds is 3. The van der Waals surface area contributed by atoms with Crippen molar-refractivity contribution in [3.63, 3.8) is 0 Å². The van der Waals surface area contributed by atoms with Crippen molar-refractivity contribution >= 4 is 17.2 Å². The first kappa shape index (κ1) is 12.9. The predicted molar refractivity (Wildman–Crippen MR) is 73.5 cm³/mol. The normalized spacial score (nSPS) is 17.8. The topological polar surface area (TPSA) is 75.6 Å². The highest BCUT2D eigenvalue weighted by molar-refractivity contribution is 5.99. The van der Waals surface area contributed by atoms with Gasteiger partial charge in [0.2, 0.25) is 0 Å². The summed E-state index contributed by atoms with van der Waals surface area (Å²) in [5.74, 6) is 0.103. The van der Waals surface area contributed by atoms with Crippen molar-refractivity contribution < 1.29 is 4.79 Å². The van der Waals surface area contributed by atoms with Crippen molar-refractivity contribution in [2.45, 2.75) is 0 Å². The van der Waals surface area contributed by atoms with E-state index in [2.05, 4.69) is 16.8 Å². The summed E-state index contributed by atoms with van der Waals surface area (Å²) in [7, 11) is 2.10. The number of likely N-dealkylation sites (N-methyl/N-ethyl adjacent to an activating group) is 1. The third-order valence-electron chi connectivity index (χ3n) is 3.37. The standard InChI is InChI=1S/C13H20N4O/c1-16-4-6-17(7-5-16)9-13(18)10-2-3-11(14)12(15)8-10/h2-3,8H,4-7,9,14-15H2,1H3. The number of hydrogen-bond acceptors (Lipinski definition) is 5. The average Bonchev–Trinajstić information content (AvgIpc) is 2.35. The molecule has 1 aliphatic heterocycles. The van der Waals surface area contributed by atoms with Crippen molar-refractivity contribution in [1.29, 1.82) is 0 Å². The molecule has 2 rings (SSSR count). The fourth-order valence-electron chi connectivity index (χ4n) is 2.05. The van der Waals surface area contributed by atoms with Crippen LogP contribution in [0.4, 0.5) is 11.4 Å². The number of hydrogen-bond donors (Lipinski definition) is 2. The second kappa shape index (κ2) is 5.37. The van der Waals surface area contributed by atoms with Crippen molar-refractivity contribution in [1.82, 2.24) is 9.80 Å². The molecule has 0 amide bonds. The predicted octanol–water partition coefficient (Wildman–Crippen LogP) is 0.281. The maximum Gasteiger partial charge on any atom is 0.176 e. The Morgan fingerprint density at radius 2 is 1.83 bits per heavy atom. The largest absolute Gasteiger partial charge is 0.397 e. The lowest BCUT2D eigenvalue weighted by Crippen LogP contribution is -2.46. The highest BCUT2D eigenvalue weighted by atomic mass is 16.1. The van der Waals surface area contributed by atoms with E-state index in [1.54, 1.807) is 18.2 Å². The zero-order valence-corrected chi connectivity index (χ0v) is 10.7. The van der Waals surface area contributed by atoms with Crippen LogP contribution in [0, 0.1) is 0 Å². The fourth-order valence-corrected chi connectivity index (χ4v) is 2.05. The Bertz CT molecular complexity index is 439. The average molecular weight is 248 g/mol. The van der Waals surface area contributed by atoms with Gasteiger partial charge in [-0.05, 0) is 25.2 Å². The van der Waals surface area contributed by atoms with E-state index in [4.69, 9.17) is 11.5 Å². The van der Waals surface area contributed by atoms with Gasteiger partial charge in [0.25, 0.3) is 0 Å². The van der Waals surface area contributed by atoms with E-state index in [1.807, 2.05) is 0 Å². The number of carbonyl (C=O) groups is 1. The second-order valence-corrected chi connectivity index (χ2v) is 4.85. The van der Waals surface area contributed by atoms with E-state index in [0.29, 0.717) is 23.5 Å². The van der Waals surface area contributed by atoms with Crippen LogP contribution < -0.4 is 11.5 Å². The van der Waals surface area contributed by atoms with Crippen LogP contribution in [0.3, 0.4) is 0 Å². The van der Waals surface area contributed by atoms with Gasteiger partial charge in [-0.3, -0.25) is 9.69 Å². The number of anilines is 2. The highest BCUT2D eigenvalue weighted by Gasteiger charge is 2.17. The maximum atomic E-state index is 12.1. The second-order valence-electron chi connectivity index (χ2n) is 4.85. The smallest absolute Gasteiger partial charge is 0.176 e. The molecule has 0 radical (unpaired) electrons. The summed E-state index contributed by atoms with van der Waals surface area (Å²) in [4.78, 5) is 16.5. The lowest BCUT2D eigenvalue weighted by Gasteiger charge is -2.31. The first-order chi connectivity index (χ1) is 8.56. The lowest BCUT2D eigenvalue weighted by molar-refractivity contribution is 0.0876. The van der Waals surface area contributed by atoms with Gasteiger partial charge >= 0.3 is 0 Å². The Hall–Kier alpha value is -1.59. The van der Waals surface area contributed by atoms with E-state index in [9.17, 15) is 4.79 Å². The molecule has 1 heterocycles. The molecule has 0 aromatic heterocycles. The van der Waals surface area contributed by atoms with Crippen LogP contribution >= 0.6 is 0 Å². The van der Waals surface area contributed by atoms with Gasteiger partial charge in [-0.2, -0.15) is 0 Å². The van der Waals surface area contributed by atoms with Crippen LogP contribution in [-0.4, -0.2) is 55.4 Å². The van der Waals surface area contributed by atoms with E-state index in [-0.39, 0.29) is 5.78 Å². The minimum atomic E-state index is 0.103. The van der Waals surface area contributed by atoms with E-state index < -0.39 is 0 Å². The number of Topliss-reactive ketones (excluding diaryl/α,β-unsaturated/α-hetero) is 1. The molecule has 98 valence electrons. The molecule has 0 aliphatic carbocycles. The number of nitrogens with zero attached hydrogens (tertiary/aromatic N) is 2. The number of nitrogens with two attached hydrogens (primary N) is 2. The molecule has 1 aliphatic rings. The van der Waals surface area contributed by atoms with Crippen LogP contribution in [0.1, 0.15) is 10.4 Å². The quantitative estimate of drug-likeness (QED) is 0.593. The molecule has 0 bridgehead atoms. The van der Waals surface area contributed by atoms with Gasteiger partial charge < -0.3 is 16.4 Å². The molecule has 5 nitrogen and oxygen atoms in total. The summed E-state index contributed by atoms with van der Waals surface area (Å²) in [6, 6.07) is 5.09. The minimum Gasteiger partial charge on any atom is -0.397 e. The van der Waals surface area contributed by atoms with Gasteiger partial charge in [0, 0.05) is 31.7 Å². The summed E-state index contributed by atoms with van der Waals surface area (Å²) in [5.41, 5.74) is 13.0. The molecular weight excluding hydrogens is 228 g/mol. The van der Waals surface area contributed by atoms with E-state index in [0.717, 1.165) is 26.2 Å². The Labute approximate surface area is 107 Å². The summed E-state index contributed by atoms with van der Waals surface area (Å²) in [5, 5.41) is 0. The van der Waals surface area contributed by atoms with Crippen LogP contribution in [0.25, 0.3) is 0 Å². The number of carbonyl (C=O) groups excluding carboxylic acids is 1. The molecule has 0 unspecified atom stereocenters. The molecule has 1 saturated heterocycles. The van der Waals surface area contributed by atoms with Gasteiger partial charge in [0.15, 0.2) is 5.78 Å². The minimum absolute atomic E-state index is 0.103. The van der Waals surface area contributed by atoms with Gasteiger partial charge in [-0.25, -0.2) is 0 Å². The highest BCUT2D eigenvalue weighted by Crippen LogP contribution is 2.16. The first-order valence-electron chi connectivity index (χ1n) is 6.15. The Morgan fingerprint density at radius 3 is 2.44 bits per heavy atom. The van der Waals surface area contributed by atoms with Crippen LogP contribution in [0.2, 0.25) is 0 Å². The molecule has 0 spiro atoms. The first-order valence-corrected chi connectivity index (χ1v) is 6.15. The van der Waals surface area contributed by atoms with Crippen molar-refractivity contribution in [2.24, 2.45) is 0 Å². The summed E-state index contributed by atoms with van der Waals surface area (Å²) in [6.45, 7) is 4.35. The van der Waals surface area contributed by atoms with Gasteiger partial charge in [-0.15, -0.1) is 0 Å². The summed E-state index contributed by atoms with van der Waals surface area (Å²) in [6.07, 6.45) is 0. The number of nitrogen functional groups attached to an aromatic ring is 2. The van der Waals surface area contributed by atoms with Crippen LogP contribution in [-0.2, 0) is 0 Å². The molecule has 4 N–H and O–H groups in total. The van der Waals surface area contributed by atoms with E-state index >= 15 is 0 Å². The van der Waals surface area contributed by atoms with Crippen LogP contribution in [0.15, 0.2) is 18.2 Å². The van der Waals surface area contributed by atoms with Crippen molar-refractivity contribution in [2.75, 3.05) is 51.2 Å². The zero-order chi connectivity index (χ0) is 13.1. The van der Waals surface area contributed by atoms with Gasteiger partial charge in [0.05, 0.1) is 17.9 Å². The molecule has 5 heteroatoms. The summed E-state index contributed by atoms with van der Waals surface area (Å²) < 4.78 is 0. The fraction of sp³-hybridized carbons (Fsp3) is 0.462. The lowest BCUT2D eigenvalue weighted by atomic mass is 10.1. The van der Waals surface area contributed by atoms with Crippen molar-refractivity contribution in [3.8, 4) is 0 Å². The number of ketones is 1. The number of benzene rings is 1.